The van der Waals surface area contributed by atoms with E-state index in [1.165, 1.54) is 6.08 Å². The number of carbonyl (C=O) groups excluding carboxylic acids is 3. The summed E-state index contributed by atoms with van der Waals surface area (Å²) in [6.45, 7) is 6.01. The molecule has 0 aliphatic rings. The van der Waals surface area contributed by atoms with Crippen LogP contribution in [0.4, 0.5) is 4.79 Å². The molecule has 21 heavy (non-hydrogen) atoms. The van der Waals surface area contributed by atoms with Gasteiger partial charge >= 0.3 is 12.1 Å². The first-order valence-electron chi connectivity index (χ1n) is 6.84. The van der Waals surface area contributed by atoms with E-state index in [2.05, 4.69) is 16.9 Å². The van der Waals surface area contributed by atoms with E-state index in [9.17, 15) is 14.4 Å². The molecule has 0 aliphatic heterocycles. The number of rotatable bonds is 11. The van der Waals surface area contributed by atoms with Gasteiger partial charge in [-0.1, -0.05) is 19.4 Å². The Balaban J connectivity index is 3.36. The highest BCUT2D eigenvalue weighted by molar-refractivity contribution is 5.86. The molecule has 0 aromatic carbocycles. The van der Waals surface area contributed by atoms with Gasteiger partial charge in [0.1, 0.15) is 13.2 Å². The summed E-state index contributed by atoms with van der Waals surface area (Å²) in [6, 6.07) is 0. The lowest BCUT2D eigenvalue weighted by atomic mass is 10.2. The van der Waals surface area contributed by atoms with Crippen molar-refractivity contribution < 1.29 is 23.9 Å². The van der Waals surface area contributed by atoms with Gasteiger partial charge in [0.15, 0.2) is 0 Å². The van der Waals surface area contributed by atoms with Crippen molar-refractivity contribution in [1.82, 2.24) is 5.32 Å². The largest absolute Gasteiger partial charge is 0.459 e. The van der Waals surface area contributed by atoms with Crippen molar-refractivity contribution in [2.75, 3.05) is 26.3 Å². The molecule has 0 aromatic rings. The molecule has 0 saturated heterocycles. The minimum absolute atomic E-state index is 0.00848. The topological polar surface area (TPSA) is 94.1 Å². The fraction of sp³-hybridized carbons (Fsp3) is 0.643. The molecule has 0 saturated carbocycles. The zero-order chi connectivity index (χ0) is 15.9. The summed E-state index contributed by atoms with van der Waals surface area (Å²) < 4.78 is 9.58. The molecule has 0 rings (SSSR count). The van der Waals surface area contributed by atoms with Crippen LogP contribution in [0.2, 0.25) is 0 Å². The third-order valence-electron chi connectivity index (χ3n) is 2.43. The van der Waals surface area contributed by atoms with Crippen molar-refractivity contribution in [3.63, 3.8) is 0 Å². The smallest absolute Gasteiger partial charge is 0.407 e. The van der Waals surface area contributed by atoms with Crippen LogP contribution < -0.4 is 5.32 Å². The van der Waals surface area contributed by atoms with Crippen molar-refractivity contribution >= 4 is 18.1 Å². The maximum absolute atomic E-state index is 11.2. The number of ether oxygens (including phenoxy) is 2. The molecular formula is C14H22N2O5. The lowest BCUT2D eigenvalue weighted by Crippen LogP contribution is -2.26. The van der Waals surface area contributed by atoms with E-state index in [1.807, 2.05) is 0 Å². The predicted molar refractivity (Wildman–Crippen MR) is 76.6 cm³/mol. The monoisotopic (exact) mass is 298 g/mol. The summed E-state index contributed by atoms with van der Waals surface area (Å²) in [6.07, 6.45) is 4.50. The molecule has 0 fully saturated rings. The van der Waals surface area contributed by atoms with Gasteiger partial charge in [-0.3, -0.25) is 0 Å². The normalized spacial score (nSPS) is 9.38. The second kappa shape index (κ2) is 12.9. The molecule has 0 bridgehead atoms. The lowest BCUT2D eigenvalue weighted by molar-refractivity contribution is -0.139. The van der Waals surface area contributed by atoms with Crippen LogP contribution in [0, 0.1) is 0 Å². The molecule has 7 nitrogen and oxygen atoms in total. The van der Waals surface area contributed by atoms with Crippen LogP contribution in [0.25, 0.3) is 0 Å². The quantitative estimate of drug-likeness (QED) is 0.206. The molecule has 1 amide bonds. The SMILES string of the molecule is C=C(C)C(=O)OCCOC(=O)NCCCCCCN=C=O. The minimum atomic E-state index is -0.535. The van der Waals surface area contributed by atoms with Crippen molar-refractivity contribution in [3.8, 4) is 0 Å². The minimum Gasteiger partial charge on any atom is -0.459 e. The van der Waals surface area contributed by atoms with Crippen LogP contribution in [0.15, 0.2) is 17.1 Å². The first kappa shape index (κ1) is 18.9. The Hall–Kier alpha value is -2.14. The van der Waals surface area contributed by atoms with Crippen LogP contribution in [-0.2, 0) is 19.1 Å². The zero-order valence-electron chi connectivity index (χ0n) is 12.4. The Morgan fingerprint density at radius 3 is 2.48 bits per heavy atom. The fourth-order valence-corrected chi connectivity index (χ4v) is 1.35. The Labute approximate surface area is 124 Å². The van der Waals surface area contributed by atoms with Crippen LogP contribution in [0.1, 0.15) is 32.6 Å². The highest BCUT2D eigenvalue weighted by Crippen LogP contribution is 1.99. The average Bonchev–Trinajstić information content (AvgIpc) is 2.46. The van der Waals surface area contributed by atoms with E-state index >= 15 is 0 Å². The highest BCUT2D eigenvalue weighted by Gasteiger charge is 2.04. The van der Waals surface area contributed by atoms with Gasteiger partial charge in [0.2, 0.25) is 6.08 Å². The number of esters is 1. The summed E-state index contributed by atoms with van der Waals surface area (Å²) >= 11 is 0. The third kappa shape index (κ3) is 12.6. The van der Waals surface area contributed by atoms with Crippen molar-refractivity contribution in [2.24, 2.45) is 4.99 Å². The highest BCUT2D eigenvalue weighted by atomic mass is 16.6. The number of aliphatic imine (C=N–C) groups is 1. The Morgan fingerprint density at radius 1 is 1.14 bits per heavy atom. The predicted octanol–water partition coefficient (Wildman–Crippen LogP) is 1.73. The van der Waals surface area contributed by atoms with E-state index < -0.39 is 12.1 Å². The number of nitrogens with one attached hydrogen (secondary N) is 1. The van der Waals surface area contributed by atoms with Gasteiger partial charge in [-0.15, -0.1) is 0 Å². The van der Waals surface area contributed by atoms with E-state index in [1.54, 1.807) is 6.92 Å². The van der Waals surface area contributed by atoms with Gasteiger partial charge in [-0.2, -0.15) is 0 Å². The second-order valence-corrected chi connectivity index (χ2v) is 4.37. The van der Waals surface area contributed by atoms with E-state index in [4.69, 9.17) is 9.47 Å². The second-order valence-electron chi connectivity index (χ2n) is 4.37. The molecule has 7 heteroatoms. The number of hydrogen-bond acceptors (Lipinski definition) is 6. The molecule has 0 aliphatic carbocycles. The molecule has 1 N–H and O–H groups in total. The standard InChI is InChI=1S/C14H22N2O5/c1-12(2)13(18)20-9-10-21-14(19)16-8-6-4-3-5-7-15-11-17/h1,3-10H2,2H3,(H,16,19). The number of hydrogen-bond donors (Lipinski definition) is 1. The summed E-state index contributed by atoms with van der Waals surface area (Å²) in [5.41, 5.74) is 0.304. The number of carbonyl (C=O) groups is 2. The van der Waals surface area contributed by atoms with Crippen LogP contribution >= 0.6 is 0 Å². The molecule has 118 valence electrons. The number of unbranched alkanes of at least 4 members (excludes halogenated alkanes) is 3. The Morgan fingerprint density at radius 2 is 1.81 bits per heavy atom. The summed E-state index contributed by atoms with van der Waals surface area (Å²) in [5, 5.41) is 2.59. The molecule has 0 atom stereocenters. The van der Waals surface area contributed by atoms with Crippen molar-refractivity contribution in [2.45, 2.75) is 32.6 Å². The summed E-state index contributed by atoms with van der Waals surface area (Å²) in [4.78, 5) is 35.5. The Bertz CT molecular complexity index is 389. The maximum atomic E-state index is 11.2. The molecule has 0 radical (unpaired) electrons. The first-order valence-corrected chi connectivity index (χ1v) is 6.84. The van der Waals surface area contributed by atoms with Gasteiger partial charge in [0.25, 0.3) is 0 Å². The van der Waals surface area contributed by atoms with E-state index in [-0.39, 0.29) is 13.2 Å². The van der Waals surface area contributed by atoms with Gasteiger partial charge in [-0.05, 0) is 19.8 Å². The lowest BCUT2D eigenvalue weighted by Gasteiger charge is -2.07. The van der Waals surface area contributed by atoms with E-state index in [0.29, 0.717) is 18.7 Å². The van der Waals surface area contributed by atoms with Crippen molar-refractivity contribution in [1.29, 1.82) is 0 Å². The number of nitrogens with zero attached hydrogens (tertiary/aromatic N) is 1. The van der Waals surface area contributed by atoms with Crippen LogP contribution in [0.5, 0.6) is 0 Å². The Kier molecular flexibility index (Phi) is 11.6. The van der Waals surface area contributed by atoms with Gasteiger partial charge in [0, 0.05) is 12.1 Å². The molecule has 0 aromatic heterocycles. The molecular weight excluding hydrogens is 276 g/mol. The average molecular weight is 298 g/mol. The molecule has 0 spiro atoms. The molecule has 0 unspecified atom stereocenters. The third-order valence-corrected chi connectivity index (χ3v) is 2.43. The first-order chi connectivity index (χ1) is 10.1. The molecule has 0 heterocycles. The van der Waals surface area contributed by atoms with Gasteiger partial charge in [-0.25, -0.2) is 19.4 Å². The number of isocyanates is 1. The summed E-state index contributed by atoms with van der Waals surface area (Å²) in [5.74, 6) is -0.502. The van der Waals surface area contributed by atoms with E-state index in [0.717, 1.165) is 25.7 Å². The maximum Gasteiger partial charge on any atom is 0.407 e. The van der Waals surface area contributed by atoms with Crippen molar-refractivity contribution in [3.05, 3.63) is 12.2 Å². The number of alkyl carbamates (subject to hydrolysis) is 1. The zero-order valence-corrected chi connectivity index (χ0v) is 12.4. The van der Waals surface area contributed by atoms with Gasteiger partial charge in [0.05, 0.1) is 6.54 Å². The van der Waals surface area contributed by atoms with Gasteiger partial charge < -0.3 is 14.8 Å². The van der Waals surface area contributed by atoms with Crippen LogP contribution in [-0.4, -0.2) is 44.4 Å². The number of amides is 1. The fourth-order valence-electron chi connectivity index (χ4n) is 1.35. The van der Waals surface area contributed by atoms with Crippen LogP contribution in [0.3, 0.4) is 0 Å². The summed E-state index contributed by atoms with van der Waals surface area (Å²) in [7, 11) is 0.